The van der Waals surface area contributed by atoms with Crippen molar-refractivity contribution in [2.24, 2.45) is 0 Å². The lowest BCUT2D eigenvalue weighted by atomic mass is 9.93. The maximum absolute atomic E-state index is 6.44. The van der Waals surface area contributed by atoms with Crippen LogP contribution in [0.25, 0.3) is 85.9 Å². The zero-order chi connectivity index (χ0) is 34.9. The highest BCUT2D eigenvalue weighted by atomic mass is 32.1. The van der Waals surface area contributed by atoms with Crippen LogP contribution in [-0.2, 0) is 0 Å². The van der Waals surface area contributed by atoms with E-state index in [2.05, 4.69) is 187 Å². The molecule has 0 aliphatic carbocycles. The largest absolute Gasteiger partial charge is 0.456 e. The third-order valence-electron chi connectivity index (χ3n) is 10.6. The van der Waals surface area contributed by atoms with Gasteiger partial charge in [-0.3, -0.25) is 0 Å². The summed E-state index contributed by atoms with van der Waals surface area (Å²) in [4.78, 5) is 2.41. The Morgan fingerprint density at radius 3 is 1.83 bits per heavy atom. The molecule has 2 heterocycles. The number of hydrogen-bond acceptors (Lipinski definition) is 3. The van der Waals surface area contributed by atoms with Crippen molar-refractivity contribution >= 4 is 92.1 Å². The van der Waals surface area contributed by atoms with Crippen LogP contribution in [0.1, 0.15) is 0 Å². The van der Waals surface area contributed by atoms with Crippen LogP contribution >= 0.6 is 11.3 Å². The third-order valence-corrected chi connectivity index (χ3v) is 11.8. The normalized spacial score (nSPS) is 11.8. The molecule has 0 bridgehead atoms. The van der Waals surface area contributed by atoms with Gasteiger partial charge in [0, 0.05) is 36.9 Å². The fraction of sp³-hybridized carbons (Fsp3) is 0. The van der Waals surface area contributed by atoms with Gasteiger partial charge in [-0.15, -0.1) is 11.3 Å². The molecule has 0 unspecified atom stereocenters. The fourth-order valence-electron chi connectivity index (χ4n) is 8.26. The number of fused-ring (bicyclic) bond motifs is 9. The first-order chi connectivity index (χ1) is 26.3. The van der Waals surface area contributed by atoms with Gasteiger partial charge < -0.3 is 9.32 Å². The van der Waals surface area contributed by atoms with Gasteiger partial charge >= 0.3 is 0 Å². The number of para-hydroxylation sites is 1. The molecule has 0 atom stereocenters. The van der Waals surface area contributed by atoms with E-state index in [1.54, 1.807) is 0 Å². The number of benzene rings is 9. The number of rotatable bonds is 5. The van der Waals surface area contributed by atoms with Gasteiger partial charge in [0.25, 0.3) is 0 Å². The molecule has 11 aromatic rings. The van der Waals surface area contributed by atoms with Crippen LogP contribution < -0.4 is 4.90 Å². The van der Waals surface area contributed by atoms with Crippen molar-refractivity contribution in [2.75, 3.05) is 4.90 Å². The van der Waals surface area contributed by atoms with Crippen LogP contribution in [0.15, 0.2) is 192 Å². The molecule has 0 aliphatic rings. The summed E-state index contributed by atoms with van der Waals surface area (Å²) in [6, 6.07) is 68.0. The van der Waals surface area contributed by atoms with Gasteiger partial charge in [-0.05, 0) is 98.4 Å². The summed E-state index contributed by atoms with van der Waals surface area (Å²) in [5.41, 5.74) is 9.81. The van der Waals surface area contributed by atoms with E-state index in [4.69, 9.17) is 4.42 Å². The lowest BCUT2D eigenvalue weighted by Gasteiger charge is -2.27. The summed E-state index contributed by atoms with van der Waals surface area (Å²) in [6.45, 7) is 0. The van der Waals surface area contributed by atoms with E-state index < -0.39 is 0 Å². The van der Waals surface area contributed by atoms with Crippen LogP contribution in [0.2, 0.25) is 0 Å². The molecule has 248 valence electrons. The van der Waals surface area contributed by atoms with E-state index in [1.165, 1.54) is 64.0 Å². The number of furan rings is 1. The first-order valence-corrected chi connectivity index (χ1v) is 18.8. The molecule has 11 rings (SSSR count). The van der Waals surface area contributed by atoms with Crippen molar-refractivity contribution in [2.45, 2.75) is 0 Å². The summed E-state index contributed by atoms with van der Waals surface area (Å²) in [5.74, 6) is 0. The van der Waals surface area contributed by atoms with Crippen LogP contribution in [0.4, 0.5) is 17.1 Å². The van der Waals surface area contributed by atoms with Gasteiger partial charge in [-0.2, -0.15) is 0 Å². The fourth-order valence-corrected chi connectivity index (χ4v) is 9.50. The highest BCUT2D eigenvalue weighted by Crippen LogP contribution is 2.46. The number of anilines is 3. The number of thiophene rings is 1. The summed E-state index contributed by atoms with van der Waals surface area (Å²) in [6.07, 6.45) is 0. The Morgan fingerprint density at radius 1 is 0.396 bits per heavy atom. The predicted molar refractivity (Wildman–Crippen MR) is 227 cm³/mol. The molecule has 0 aliphatic heterocycles. The Bertz CT molecular complexity index is 3200. The van der Waals surface area contributed by atoms with Gasteiger partial charge in [0.2, 0.25) is 0 Å². The molecule has 53 heavy (non-hydrogen) atoms. The zero-order valence-corrected chi connectivity index (χ0v) is 29.5. The molecule has 0 saturated carbocycles. The van der Waals surface area contributed by atoms with E-state index in [1.807, 2.05) is 17.4 Å². The topological polar surface area (TPSA) is 16.4 Å². The van der Waals surface area contributed by atoms with E-state index in [-0.39, 0.29) is 0 Å². The monoisotopic (exact) mass is 693 g/mol. The van der Waals surface area contributed by atoms with Crippen molar-refractivity contribution in [3.63, 3.8) is 0 Å². The van der Waals surface area contributed by atoms with E-state index >= 15 is 0 Å². The van der Waals surface area contributed by atoms with Crippen LogP contribution in [0, 0.1) is 0 Å². The molecule has 9 aromatic carbocycles. The molecule has 0 spiro atoms. The lowest BCUT2D eigenvalue weighted by molar-refractivity contribution is 0.669. The minimum Gasteiger partial charge on any atom is -0.456 e. The minimum absolute atomic E-state index is 0.872. The number of nitrogens with zero attached hydrogens (tertiary/aromatic N) is 1. The maximum atomic E-state index is 6.44. The van der Waals surface area contributed by atoms with E-state index in [0.29, 0.717) is 0 Å². The molecular weight excluding hydrogens is 663 g/mol. The Kier molecular flexibility index (Phi) is 6.76. The first kappa shape index (κ1) is 30.0. The Balaban J connectivity index is 1.16. The van der Waals surface area contributed by atoms with Crippen molar-refractivity contribution in [1.82, 2.24) is 0 Å². The molecule has 0 fully saturated rings. The standard InChI is InChI=1S/C50H31NOS/c1-2-18-37-34(13-1)31-44(40-20-4-3-19-39(37)40)33-15-10-17-36(30-33)51(45-25-12-27-47-49(45)43-22-5-7-26-46(43)52-47)35-16-9-14-32(29-35)38-23-11-24-42-41-21-6-8-28-48(41)53-50(38)42/h1-31H. The molecule has 0 amide bonds. The second-order valence-electron chi connectivity index (χ2n) is 13.7. The van der Waals surface area contributed by atoms with Gasteiger partial charge in [-0.25, -0.2) is 0 Å². The van der Waals surface area contributed by atoms with Gasteiger partial charge in [-0.1, -0.05) is 133 Å². The maximum Gasteiger partial charge on any atom is 0.137 e. The lowest BCUT2D eigenvalue weighted by Crippen LogP contribution is -2.10. The van der Waals surface area contributed by atoms with Crippen molar-refractivity contribution < 1.29 is 4.42 Å². The van der Waals surface area contributed by atoms with Crippen LogP contribution in [-0.4, -0.2) is 0 Å². The average molecular weight is 694 g/mol. The quantitative estimate of drug-likeness (QED) is 0.167. The molecule has 2 nitrogen and oxygen atoms in total. The predicted octanol–water partition coefficient (Wildman–Crippen LogP) is 15.1. The highest BCUT2D eigenvalue weighted by Gasteiger charge is 2.21. The second kappa shape index (κ2) is 11.9. The summed E-state index contributed by atoms with van der Waals surface area (Å²) in [7, 11) is 0. The van der Waals surface area contributed by atoms with Crippen LogP contribution in [0.5, 0.6) is 0 Å². The van der Waals surface area contributed by atoms with Crippen molar-refractivity contribution in [3.8, 4) is 22.3 Å². The Morgan fingerprint density at radius 2 is 1.00 bits per heavy atom. The third kappa shape index (κ3) is 4.78. The van der Waals surface area contributed by atoms with E-state index in [0.717, 1.165) is 39.0 Å². The first-order valence-electron chi connectivity index (χ1n) is 18.0. The molecule has 2 aromatic heterocycles. The number of hydrogen-bond donors (Lipinski definition) is 0. The van der Waals surface area contributed by atoms with Gasteiger partial charge in [0.15, 0.2) is 0 Å². The molecular formula is C50H31NOS. The molecule has 0 radical (unpaired) electrons. The molecule has 3 heteroatoms. The zero-order valence-electron chi connectivity index (χ0n) is 28.7. The Hall–Kier alpha value is -6.68. The minimum atomic E-state index is 0.872. The SMILES string of the molecule is c1cc(-c2cc3ccccc3c3ccccc23)cc(N(c2cccc(-c3cccc4c3sc3ccccc34)c2)c2cccc3oc4ccccc4c23)c1. The summed E-state index contributed by atoms with van der Waals surface area (Å²) in [5, 5.41) is 9.83. The smallest absolute Gasteiger partial charge is 0.137 e. The van der Waals surface area contributed by atoms with Gasteiger partial charge in [0.1, 0.15) is 11.2 Å². The molecule has 0 saturated heterocycles. The second-order valence-corrected chi connectivity index (χ2v) is 14.7. The highest BCUT2D eigenvalue weighted by molar-refractivity contribution is 7.26. The Labute approximate surface area is 310 Å². The van der Waals surface area contributed by atoms with Crippen LogP contribution in [0.3, 0.4) is 0 Å². The average Bonchev–Trinajstić information content (AvgIpc) is 3.80. The molecule has 0 N–H and O–H groups in total. The van der Waals surface area contributed by atoms with Gasteiger partial charge in [0.05, 0.1) is 11.1 Å². The van der Waals surface area contributed by atoms with Crippen molar-refractivity contribution in [3.05, 3.63) is 188 Å². The summed E-state index contributed by atoms with van der Waals surface area (Å²) < 4.78 is 9.06. The van der Waals surface area contributed by atoms with Crippen molar-refractivity contribution in [1.29, 1.82) is 0 Å². The van der Waals surface area contributed by atoms with E-state index in [9.17, 15) is 0 Å². The summed E-state index contributed by atoms with van der Waals surface area (Å²) >= 11 is 1.87.